The number of nitrogens with zero attached hydrogens (tertiary/aromatic N) is 2. The monoisotopic (exact) mass is 350 g/mol. The predicted molar refractivity (Wildman–Crippen MR) is 93.5 cm³/mol. The highest BCUT2D eigenvalue weighted by molar-refractivity contribution is 7.71. The molecule has 2 aromatic rings. The molecule has 0 bridgehead atoms. The van der Waals surface area contributed by atoms with E-state index < -0.39 is 0 Å². The third-order valence-electron chi connectivity index (χ3n) is 4.07. The molecular weight excluding hydrogens is 328 g/mol. The van der Waals surface area contributed by atoms with Crippen LogP contribution in [0.1, 0.15) is 38.8 Å². The third-order valence-corrected chi connectivity index (χ3v) is 4.47. The lowest BCUT2D eigenvalue weighted by molar-refractivity contribution is -0.142. The fourth-order valence-corrected chi connectivity index (χ4v) is 3.43. The first-order valence-electron chi connectivity index (χ1n) is 7.75. The standard InChI is InChI=1S/C17H22N2O4S/c1-11(9-15(20)22-3)18-13-7-5-6-8-14(13)19(17(18)24)12(2)10-16(21)23-4/h5-8,11-12H,9-10H2,1-4H3. The van der Waals surface area contributed by atoms with Gasteiger partial charge in [0.15, 0.2) is 4.77 Å². The van der Waals surface area contributed by atoms with Crippen LogP contribution < -0.4 is 0 Å². The van der Waals surface area contributed by atoms with E-state index >= 15 is 0 Å². The Bertz CT molecular complexity index is 745. The quantitative estimate of drug-likeness (QED) is 0.590. The van der Waals surface area contributed by atoms with E-state index in [0.717, 1.165) is 11.0 Å². The molecule has 0 fully saturated rings. The Morgan fingerprint density at radius 3 is 1.67 bits per heavy atom. The molecule has 0 amide bonds. The van der Waals surface area contributed by atoms with Gasteiger partial charge in [0.1, 0.15) is 0 Å². The van der Waals surface area contributed by atoms with Gasteiger partial charge in [0.25, 0.3) is 0 Å². The summed E-state index contributed by atoms with van der Waals surface area (Å²) in [6.45, 7) is 3.85. The van der Waals surface area contributed by atoms with Crippen molar-refractivity contribution in [2.45, 2.75) is 38.8 Å². The number of ether oxygens (including phenoxy) is 2. The topological polar surface area (TPSA) is 62.5 Å². The van der Waals surface area contributed by atoms with E-state index in [1.54, 1.807) is 0 Å². The second-order valence-corrected chi connectivity index (χ2v) is 6.13. The molecule has 7 heteroatoms. The van der Waals surface area contributed by atoms with Crippen LogP contribution in [-0.2, 0) is 19.1 Å². The van der Waals surface area contributed by atoms with Gasteiger partial charge in [-0.15, -0.1) is 0 Å². The van der Waals surface area contributed by atoms with Crippen LogP contribution in [0.15, 0.2) is 24.3 Å². The van der Waals surface area contributed by atoms with E-state index in [1.165, 1.54) is 14.2 Å². The Labute approximate surface area is 146 Å². The van der Waals surface area contributed by atoms with Gasteiger partial charge in [0.2, 0.25) is 0 Å². The SMILES string of the molecule is COC(=O)CC(C)n1c(=S)n(C(C)CC(=O)OC)c2ccccc21. The summed E-state index contributed by atoms with van der Waals surface area (Å²) < 4.78 is 14.0. The number of hydrogen-bond donors (Lipinski definition) is 0. The second kappa shape index (κ2) is 7.61. The Hall–Kier alpha value is -2.15. The lowest BCUT2D eigenvalue weighted by Gasteiger charge is -2.15. The summed E-state index contributed by atoms with van der Waals surface area (Å²) in [5.41, 5.74) is 1.85. The largest absolute Gasteiger partial charge is 0.469 e. The molecule has 0 aliphatic heterocycles. The Morgan fingerprint density at radius 1 is 0.958 bits per heavy atom. The molecule has 24 heavy (non-hydrogen) atoms. The van der Waals surface area contributed by atoms with Crippen molar-refractivity contribution in [1.82, 2.24) is 9.13 Å². The minimum Gasteiger partial charge on any atom is -0.469 e. The predicted octanol–water partition coefficient (Wildman–Crippen LogP) is 3.42. The van der Waals surface area contributed by atoms with E-state index in [9.17, 15) is 9.59 Å². The van der Waals surface area contributed by atoms with Crippen molar-refractivity contribution in [1.29, 1.82) is 0 Å². The van der Waals surface area contributed by atoms with Crippen molar-refractivity contribution in [3.05, 3.63) is 29.0 Å². The van der Waals surface area contributed by atoms with Crippen molar-refractivity contribution in [3.8, 4) is 0 Å². The molecule has 1 heterocycles. The molecule has 0 spiro atoms. The summed E-state index contributed by atoms with van der Waals surface area (Å²) in [5.74, 6) is -0.576. The molecular formula is C17H22N2O4S. The van der Waals surface area contributed by atoms with Crippen LogP contribution in [0.5, 0.6) is 0 Å². The molecule has 0 saturated carbocycles. The van der Waals surface area contributed by atoms with Gasteiger partial charge in [-0.1, -0.05) is 12.1 Å². The fourth-order valence-electron chi connectivity index (χ4n) is 2.88. The summed E-state index contributed by atoms with van der Waals surface area (Å²) in [5, 5.41) is 0. The molecule has 0 aliphatic carbocycles. The Morgan fingerprint density at radius 2 is 1.33 bits per heavy atom. The maximum Gasteiger partial charge on any atom is 0.307 e. The highest BCUT2D eigenvalue weighted by Gasteiger charge is 2.21. The number of methoxy groups -OCH3 is 2. The number of benzene rings is 1. The van der Waals surface area contributed by atoms with Crippen LogP contribution in [0.4, 0.5) is 0 Å². The van der Waals surface area contributed by atoms with Gasteiger partial charge in [0, 0.05) is 12.1 Å². The lowest BCUT2D eigenvalue weighted by atomic mass is 10.2. The maximum absolute atomic E-state index is 11.6. The number of hydrogen-bond acceptors (Lipinski definition) is 5. The van der Waals surface area contributed by atoms with Crippen molar-refractivity contribution in [2.75, 3.05) is 14.2 Å². The number of carbonyl (C=O) groups is 2. The van der Waals surface area contributed by atoms with E-state index in [0.29, 0.717) is 4.77 Å². The van der Waals surface area contributed by atoms with E-state index in [1.807, 2.05) is 47.2 Å². The molecule has 0 N–H and O–H groups in total. The van der Waals surface area contributed by atoms with Crippen molar-refractivity contribution < 1.29 is 19.1 Å². The Balaban J connectivity index is 2.54. The zero-order valence-electron chi connectivity index (χ0n) is 14.3. The van der Waals surface area contributed by atoms with Crippen LogP contribution in [-0.4, -0.2) is 35.3 Å². The molecule has 2 unspecified atom stereocenters. The van der Waals surface area contributed by atoms with Crippen LogP contribution >= 0.6 is 12.2 Å². The zero-order chi connectivity index (χ0) is 17.9. The molecule has 0 saturated heterocycles. The minimum absolute atomic E-state index is 0.151. The van der Waals surface area contributed by atoms with Crippen molar-refractivity contribution in [3.63, 3.8) is 0 Å². The number of imidazole rings is 1. The first-order valence-corrected chi connectivity index (χ1v) is 8.16. The van der Waals surface area contributed by atoms with Crippen LogP contribution in [0, 0.1) is 4.77 Å². The van der Waals surface area contributed by atoms with Gasteiger partial charge in [0.05, 0.1) is 38.1 Å². The maximum atomic E-state index is 11.6. The molecule has 6 nitrogen and oxygen atoms in total. The number of esters is 2. The number of fused-ring (bicyclic) bond motifs is 1. The van der Waals surface area contributed by atoms with Crippen molar-refractivity contribution >= 4 is 35.2 Å². The summed E-state index contributed by atoms with van der Waals surface area (Å²) in [6, 6.07) is 7.46. The van der Waals surface area contributed by atoms with Gasteiger partial charge >= 0.3 is 11.9 Å². The zero-order valence-corrected chi connectivity index (χ0v) is 15.1. The summed E-state index contributed by atoms with van der Waals surface area (Å²) in [6.07, 6.45) is 0.453. The average Bonchev–Trinajstić information content (AvgIpc) is 2.86. The van der Waals surface area contributed by atoms with Gasteiger partial charge in [-0.05, 0) is 38.2 Å². The highest BCUT2D eigenvalue weighted by Crippen LogP contribution is 2.28. The fraction of sp³-hybridized carbons (Fsp3) is 0.471. The molecule has 1 aromatic heterocycles. The first kappa shape index (κ1) is 18.2. The number of rotatable bonds is 6. The van der Waals surface area contributed by atoms with Gasteiger partial charge in [-0.3, -0.25) is 9.59 Å². The van der Waals surface area contributed by atoms with Crippen LogP contribution in [0.25, 0.3) is 11.0 Å². The summed E-state index contributed by atoms with van der Waals surface area (Å²) >= 11 is 5.65. The Kier molecular flexibility index (Phi) is 5.77. The molecule has 1 aromatic carbocycles. The smallest absolute Gasteiger partial charge is 0.307 e. The van der Waals surface area contributed by atoms with E-state index in [4.69, 9.17) is 21.7 Å². The summed E-state index contributed by atoms with van der Waals surface area (Å²) in [4.78, 5) is 23.3. The van der Waals surface area contributed by atoms with Gasteiger partial charge < -0.3 is 18.6 Å². The lowest BCUT2D eigenvalue weighted by Crippen LogP contribution is -2.15. The normalized spacial score (nSPS) is 13.5. The summed E-state index contributed by atoms with van der Waals surface area (Å²) in [7, 11) is 2.74. The minimum atomic E-state index is -0.288. The molecule has 130 valence electrons. The van der Waals surface area contributed by atoms with Gasteiger partial charge in [-0.2, -0.15) is 0 Å². The average molecular weight is 350 g/mol. The molecule has 2 atom stereocenters. The first-order chi connectivity index (χ1) is 11.4. The second-order valence-electron chi connectivity index (χ2n) is 5.77. The van der Waals surface area contributed by atoms with E-state index in [2.05, 4.69) is 0 Å². The number of aromatic nitrogens is 2. The molecule has 0 aliphatic rings. The third kappa shape index (κ3) is 3.51. The van der Waals surface area contributed by atoms with Gasteiger partial charge in [-0.25, -0.2) is 0 Å². The van der Waals surface area contributed by atoms with Crippen molar-refractivity contribution in [2.24, 2.45) is 0 Å². The van der Waals surface area contributed by atoms with E-state index in [-0.39, 0.29) is 36.9 Å². The number of para-hydroxylation sites is 2. The molecule has 2 rings (SSSR count). The highest BCUT2D eigenvalue weighted by atomic mass is 32.1. The number of carbonyl (C=O) groups excluding carboxylic acids is 2. The molecule has 0 radical (unpaired) electrons. The van der Waals surface area contributed by atoms with Crippen LogP contribution in [0.2, 0.25) is 0 Å². The van der Waals surface area contributed by atoms with Crippen LogP contribution in [0.3, 0.4) is 0 Å².